The van der Waals surface area contributed by atoms with Crippen LogP contribution in [0.15, 0.2) is 42.6 Å². The van der Waals surface area contributed by atoms with E-state index >= 15 is 0 Å². The number of nitrogens with zero attached hydrogens (tertiary/aromatic N) is 2. The Kier molecular flexibility index (Phi) is 5.63. The Morgan fingerprint density at radius 2 is 1.92 bits per heavy atom. The van der Waals surface area contributed by atoms with Crippen LogP contribution in [0.5, 0.6) is 0 Å². The molecule has 1 amide bonds. The number of carbonyl (C=O) groups excluding carboxylic acids is 1. The summed E-state index contributed by atoms with van der Waals surface area (Å²) in [6.45, 7) is 3.77. The van der Waals surface area contributed by atoms with Gasteiger partial charge in [-0.2, -0.15) is 0 Å². The van der Waals surface area contributed by atoms with E-state index in [-0.39, 0.29) is 11.9 Å². The smallest absolute Gasteiger partial charge is 0.335 e. The molecule has 1 fully saturated rings. The van der Waals surface area contributed by atoms with Gasteiger partial charge in [0.05, 0.1) is 17.3 Å². The first kappa shape index (κ1) is 18.1. The molecular formula is C20H23N3O3. The second-order valence-electron chi connectivity index (χ2n) is 6.63. The summed E-state index contributed by atoms with van der Waals surface area (Å²) in [6, 6.07) is 11.4. The monoisotopic (exact) mass is 353 g/mol. The Morgan fingerprint density at radius 3 is 2.54 bits per heavy atom. The zero-order valence-corrected chi connectivity index (χ0v) is 14.8. The number of carbonyl (C=O) groups is 2. The van der Waals surface area contributed by atoms with E-state index in [1.807, 2.05) is 30.5 Å². The van der Waals surface area contributed by atoms with Crippen LogP contribution in [0.1, 0.15) is 53.0 Å². The number of hydrogen-bond donors (Lipinski definition) is 2. The first-order valence-corrected chi connectivity index (χ1v) is 8.78. The van der Waals surface area contributed by atoms with Gasteiger partial charge in [-0.3, -0.25) is 14.7 Å². The van der Waals surface area contributed by atoms with E-state index in [2.05, 4.69) is 15.2 Å². The van der Waals surface area contributed by atoms with Crippen molar-refractivity contribution in [3.05, 3.63) is 65.0 Å². The molecule has 26 heavy (non-hydrogen) atoms. The highest BCUT2D eigenvalue weighted by atomic mass is 16.4. The number of hydrogen-bond acceptors (Lipinski definition) is 4. The lowest BCUT2D eigenvalue weighted by molar-refractivity contribution is -0.119. The van der Waals surface area contributed by atoms with Crippen LogP contribution in [0.25, 0.3) is 0 Å². The van der Waals surface area contributed by atoms with Crippen molar-refractivity contribution in [1.82, 2.24) is 15.2 Å². The van der Waals surface area contributed by atoms with E-state index in [9.17, 15) is 9.59 Å². The highest BCUT2D eigenvalue weighted by Gasteiger charge is 2.27. The van der Waals surface area contributed by atoms with Crippen LogP contribution in [-0.4, -0.2) is 33.4 Å². The SMILES string of the molecule is CC(=O)NCc1ccc([C@@H]2CCCN2Cc2ccc(C(=O)O)cc2)nc1. The minimum atomic E-state index is -0.904. The number of likely N-dealkylation sites (tertiary alicyclic amines) is 1. The Bertz CT molecular complexity index is 772. The zero-order valence-electron chi connectivity index (χ0n) is 14.8. The number of benzene rings is 1. The van der Waals surface area contributed by atoms with Crippen LogP contribution in [0.2, 0.25) is 0 Å². The van der Waals surface area contributed by atoms with Gasteiger partial charge in [-0.1, -0.05) is 18.2 Å². The van der Waals surface area contributed by atoms with Crippen molar-refractivity contribution in [2.75, 3.05) is 6.54 Å². The number of carboxylic acid groups (broad SMARTS) is 1. The van der Waals surface area contributed by atoms with Crippen LogP contribution >= 0.6 is 0 Å². The van der Waals surface area contributed by atoms with E-state index < -0.39 is 5.97 Å². The number of carboxylic acids is 1. The summed E-state index contributed by atoms with van der Waals surface area (Å²) in [5.74, 6) is -0.955. The molecule has 0 aliphatic carbocycles. The third-order valence-electron chi connectivity index (χ3n) is 4.68. The minimum Gasteiger partial charge on any atom is -0.478 e. The molecule has 1 aliphatic rings. The molecule has 6 heteroatoms. The van der Waals surface area contributed by atoms with Crippen molar-refractivity contribution >= 4 is 11.9 Å². The maximum Gasteiger partial charge on any atom is 0.335 e. The molecule has 1 aromatic heterocycles. The maximum absolute atomic E-state index is 11.0. The molecule has 0 bridgehead atoms. The van der Waals surface area contributed by atoms with Gasteiger partial charge in [0.1, 0.15) is 0 Å². The van der Waals surface area contributed by atoms with Gasteiger partial charge >= 0.3 is 5.97 Å². The molecular weight excluding hydrogens is 330 g/mol. The van der Waals surface area contributed by atoms with Gasteiger partial charge in [0.2, 0.25) is 5.91 Å². The predicted octanol–water partition coefficient (Wildman–Crippen LogP) is 2.75. The number of rotatable bonds is 6. The summed E-state index contributed by atoms with van der Waals surface area (Å²) in [5.41, 5.74) is 3.43. The molecule has 0 unspecified atom stereocenters. The van der Waals surface area contributed by atoms with Crippen molar-refractivity contribution in [2.24, 2.45) is 0 Å². The van der Waals surface area contributed by atoms with Gasteiger partial charge < -0.3 is 10.4 Å². The molecule has 3 rings (SSSR count). The van der Waals surface area contributed by atoms with Gasteiger partial charge in [-0.05, 0) is 48.7 Å². The molecule has 0 radical (unpaired) electrons. The van der Waals surface area contributed by atoms with Gasteiger partial charge in [0.25, 0.3) is 0 Å². The fourth-order valence-corrected chi connectivity index (χ4v) is 3.30. The fraction of sp³-hybridized carbons (Fsp3) is 0.350. The van der Waals surface area contributed by atoms with Crippen molar-refractivity contribution in [2.45, 2.75) is 38.9 Å². The highest BCUT2D eigenvalue weighted by molar-refractivity contribution is 5.87. The molecule has 2 N–H and O–H groups in total. The van der Waals surface area contributed by atoms with Crippen LogP contribution in [0.3, 0.4) is 0 Å². The largest absolute Gasteiger partial charge is 0.478 e. The number of aromatic carboxylic acids is 1. The van der Waals surface area contributed by atoms with Crippen molar-refractivity contribution in [1.29, 1.82) is 0 Å². The minimum absolute atomic E-state index is 0.0510. The molecule has 1 saturated heterocycles. The second-order valence-corrected chi connectivity index (χ2v) is 6.63. The third kappa shape index (κ3) is 4.46. The molecule has 1 aliphatic heterocycles. The van der Waals surface area contributed by atoms with Crippen molar-refractivity contribution < 1.29 is 14.7 Å². The summed E-state index contributed by atoms with van der Waals surface area (Å²) >= 11 is 0. The summed E-state index contributed by atoms with van der Waals surface area (Å²) < 4.78 is 0. The van der Waals surface area contributed by atoms with Crippen molar-refractivity contribution in [3.8, 4) is 0 Å². The molecule has 2 heterocycles. The van der Waals surface area contributed by atoms with E-state index in [0.29, 0.717) is 12.1 Å². The van der Waals surface area contributed by atoms with Crippen LogP contribution < -0.4 is 5.32 Å². The topological polar surface area (TPSA) is 82.5 Å². The molecule has 0 spiro atoms. The van der Waals surface area contributed by atoms with Crippen LogP contribution in [0.4, 0.5) is 0 Å². The first-order valence-electron chi connectivity index (χ1n) is 8.78. The summed E-state index contributed by atoms with van der Waals surface area (Å²) in [7, 11) is 0. The van der Waals surface area contributed by atoms with Gasteiger partial charge in [-0.15, -0.1) is 0 Å². The van der Waals surface area contributed by atoms with Crippen molar-refractivity contribution in [3.63, 3.8) is 0 Å². The average Bonchev–Trinajstić information content (AvgIpc) is 3.09. The highest BCUT2D eigenvalue weighted by Crippen LogP contribution is 2.32. The Morgan fingerprint density at radius 1 is 1.19 bits per heavy atom. The Balaban J connectivity index is 1.65. The molecule has 136 valence electrons. The van der Waals surface area contributed by atoms with E-state index in [1.54, 1.807) is 12.1 Å². The van der Waals surface area contributed by atoms with Crippen LogP contribution in [0, 0.1) is 0 Å². The lowest BCUT2D eigenvalue weighted by atomic mass is 10.1. The summed E-state index contributed by atoms with van der Waals surface area (Å²) in [5, 5.41) is 11.8. The molecule has 2 aromatic rings. The van der Waals surface area contributed by atoms with E-state index in [0.717, 1.165) is 42.8 Å². The van der Waals surface area contributed by atoms with E-state index in [1.165, 1.54) is 6.92 Å². The summed E-state index contributed by atoms with van der Waals surface area (Å²) in [6.07, 6.45) is 4.00. The maximum atomic E-state index is 11.0. The normalized spacial score (nSPS) is 17.2. The number of pyridine rings is 1. The quantitative estimate of drug-likeness (QED) is 0.834. The first-order chi connectivity index (χ1) is 12.5. The Hall–Kier alpha value is -2.73. The standard InChI is InChI=1S/C20H23N3O3/c1-14(24)21-11-16-6-9-18(22-12-16)19-3-2-10-23(19)13-15-4-7-17(8-5-15)20(25)26/h4-9,12,19H,2-3,10-11,13H2,1H3,(H,21,24)(H,25,26)/t19-/m0/s1. The lowest BCUT2D eigenvalue weighted by Crippen LogP contribution is -2.23. The second kappa shape index (κ2) is 8.10. The number of nitrogens with one attached hydrogen (secondary N) is 1. The van der Waals surface area contributed by atoms with Gasteiger partial charge in [0.15, 0.2) is 0 Å². The number of aromatic nitrogens is 1. The molecule has 1 atom stereocenters. The van der Waals surface area contributed by atoms with Gasteiger partial charge in [-0.25, -0.2) is 4.79 Å². The fourth-order valence-electron chi connectivity index (χ4n) is 3.30. The zero-order chi connectivity index (χ0) is 18.5. The number of amides is 1. The molecule has 6 nitrogen and oxygen atoms in total. The predicted molar refractivity (Wildman–Crippen MR) is 97.5 cm³/mol. The van der Waals surface area contributed by atoms with Gasteiger partial charge in [0, 0.05) is 26.2 Å². The van der Waals surface area contributed by atoms with E-state index in [4.69, 9.17) is 5.11 Å². The van der Waals surface area contributed by atoms with Crippen LogP contribution in [-0.2, 0) is 17.9 Å². The lowest BCUT2D eigenvalue weighted by Gasteiger charge is -2.24. The Labute approximate surface area is 152 Å². The summed E-state index contributed by atoms with van der Waals surface area (Å²) in [4.78, 5) is 28.9. The third-order valence-corrected chi connectivity index (χ3v) is 4.68. The average molecular weight is 353 g/mol. The molecule has 1 aromatic carbocycles. The molecule has 0 saturated carbocycles.